The van der Waals surface area contributed by atoms with E-state index in [9.17, 15) is 19.2 Å². The first-order valence-corrected chi connectivity index (χ1v) is 7.70. The monoisotopic (exact) mass is 320 g/mol. The number of nitrogens with zero attached hydrogens (tertiary/aromatic N) is 2. The molecule has 0 unspecified atom stereocenters. The lowest BCUT2D eigenvalue weighted by Crippen LogP contribution is -2.35. The molecule has 6 nitrogen and oxygen atoms in total. The van der Waals surface area contributed by atoms with Crippen LogP contribution in [0.5, 0.6) is 0 Å². The van der Waals surface area contributed by atoms with Crippen molar-refractivity contribution < 1.29 is 19.2 Å². The van der Waals surface area contributed by atoms with E-state index >= 15 is 0 Å². The van der Waals surface area contributed by atoms with Gasteiger partial charge in [-0.1, -0.05) is 12.2 Å². The van der Waals surface area contributed by atoms with Gasteiger partial charge < -0.3 is 9.80 Å². The van der Waals surface area contributed by atoms with Crippen LogP contribution in [-0.2, 0) is 19.2 Å². The van der Waals surface area contributed by atoms with Gasteiger partial charge in [0.2, 0.25) is 11.8 Å². The number of hydrogen-bond acceptors (Lipinski definition) is 4. The Labute approximate surface area is 136 Å². The SMILES string of the molecule is CC(=O)C1=CCCN(C(C)=O)C1.CC(=O)N1CCC=C(C=O)C1. The van der Waals surface area contributed by atoms with Crippen molar-refractivity contribution in [2.45, 2.75) is 33.6 Å². The van der Waals surface area contributed by atoms with E-state index in [2.05, 4.69) is 0 Å². The highest BCUT2D eigenvalue weighted by molar-refractivity contribution is 5.94. The summed E-state index contributed by atoms with van der Waals surface area (Å²) in [6.07, 6.45) is 6.21. The van der Waals surface area contributed by atoms with Crippen LogP contribution in [-0.4, -0.2) is 59.9 Å². The van der Waals surface area contributed by atoms with Crippen LogP contribution in [0.2, 0.25) is 0 Å². The number of rotatable bonds is 2. The molecule has 2 heterocycles. The van der Waals surface area contributed by atoms with Gasteiger partial charge in [-0.2, -0.15) is 0 Å². The van der Waals surface area contributed by atoms with Gasteiger partial charge in [-0.3, -0.25) is 19.2 Å². The van der Waals surface area contributed by atoms with Gasteiger partial charge in [0.1, 0.15) is 6.29 Å². The molecule has 0 saturated carbocycles. The molecule has 2 aliphatic rings. The molecular weight excluding hydrogens is 296 g/mol. The molecule has 2 aliphatic heterocycles. The molecule has 0 aliphatic carbocycles. The molecule has 0 bridgehead atoms. The third kappa shape index (κ3) is 6.18. The number of carbonyl (C=O) groups is 4. The molecule has 0 aromatic rings. The average molecular weight is 320 g/mol. The molecule has 0 atom stereocenters. The number of ketones is 1. The predicted molar refractivity (Wildman–Crippen MR) is 86.7 cm³/mol. The Morgan fingerprint density at radius 3 is 1.91 bits per heavy atom. The Morgan fingerprint density at radius 1 is 0.913 bits per heavy atom. The van der Waals surface area contributed by atoms with E-state index in [4.69, 9.17) is 0 Å². The summed E-state index contributed by atoms with van der Waals surface area (Å²) in [5.74, 6) is 0.153. The molecule has 6 heteroatoms. The highest BCUT2D eigenvalue weighted by atomic mass is 16.2. The van der Waals surface area contributed by atoms with Crippen LogP contribution in [0.25, 0.3) is 0 Å². The van der Waals surface area contributed by atoms with E-state index in [-0.39, 0.29) is 17.6 Å². The Hall–Kier alpha value is -2.24. The number of amides is 2. The molecule has 0 spiro atoms. The molecule has 0 aromatic carbocycles. The number of hydrogen-bond donors (Lipinski definition) is 0. The smallest absolute Gasteiger partial charge is 0.219 e. The lowest BCUT2D eigenvalue weighted by molar-refractivity contribution is -0.129. The normalized spacial score (nSPS) is 17.3. The van der Waals surface area contributed by atoms with Gasteiger partial charge >= 0.3 is 0 Å². The van der Waals surface area contributed by atoms with Gasteiger partial charge in [0.15, 0.2) is 5.78 Å². The van der Waals surface area contributed by atoms with Crippen LogP contribution in [0.4, 0.5) is 0 Å². The summed E-state index contributed by atoms with van der Waals surface area (Å²) < 4.78 is 0. The number of carbonyl (C=O) groups excluding carboxylic acids is 4. The lowest BCUT2D eigenvalue weighted by Gasteiger charge is -2.24. The maximum absolute atomic E-state index is 11.0. The van der Waals surface area contributed by atoms with E-state index in [0.29, 0.717) is 18.7 Å². The summed E-state index contributed by atoms with van der Waals surface area (Å²) in [4.78, 5) is 46.4. The molecule has 126 valence electrons. The van der Waals surface area contributed by atoms with Crippen LogP contribution in [0, 0.1) is 0 Å². The highest BCUT2D eigenvalue weighted by Gasteiger charge is 2.16. The van der Waals surface area contributed by atoms with Crippen LogP contribution in [0.15, 0.2) is 23.3 Å². The average Bonchev–Trinajstić information content (AvgIpc) is 2.55. The van der Waals surface area contributed by atoms with E-state index in [0.717, 1.165) is 37.8 Å². The van der Waals surface area contributed by atoms with Crippen LogP contribution in [0.1, 0.15) is 33.6 Å². The summed E-state index contributed by atoms with van der Waals surface area (Å²) in [6.45, 7) is 7.05. The maximum Gasteiger partial charge on any atom is 0.219 e. The van der Waals surface area contributed by atoms with Crippen LogP contribution >= 0.6 is 0 Å². The first-order valence-electron chi connectivity index (χ1n) is 7.70. The quantitative estimate of drug-likeness (QED) is 0.715. The zero-order valence-corrected chi connectivity index (χ0v) is 14.0. The molecule has 0 N–H and O–H groups in total. The topological polar surface area (TPSA) is 74.8 Å². The minimum atomic E-state index is 0.0393. The lowest BCUT2D eigenvalue weighted by atomic mass is 10.1. The molecule has 0 fully saturated rings. The molecule has 2 amide bonds. The van der Waals surface area contributed by atoms with Crippen LogP contribution in [0.3, 0.4) is 0 Å². The second kappa shape index (κ2) is 9.02. The molecule has 23 heavy (non-hydrogen) atoms. The van der Waals surface area contributed by atoms with E-state index in [1.165, 1.54) is 20.8 Å². The van der Waals surface area contributed by atoms with Gasteiger partial charge in [0.25, 0.3) is 0 Å². The van der Waals surface area contributed by atoms with Gasteiger partial charge in [0, 0.05) is 51.2 Å². The highest BCUT2D eigenvalue weighted by Crippen LogP contribution is 2.10. The van der Waals surface area contributed by atoms with Crippen molar-refractivity contribution in [3.05, 3.63) is 23.3 Å². The Kier molecular flexibility index (Phi) is 7.38. The van der Waals surface area contributed by atoms with E-state index in [1.807, 2.05) is 12.2 Å². The minimum absolute atomic E-state index is 0.0393. The Bertz CT molecular complexity index is 549. The molecular formula is C17H24N2O4. The predicted octanol–water partition coefficient (Wildman–Crippen LogP) is 1.12. The van der Waals surface area contributed by atoms with Crippen molar-refractivity contribution in [3.8, 4) is 0 Å². The van der Waals surface area contributed by atoms with Crippen molar-refractivity contribution in [1.29, 1.82) is 0 Å². The number of aldehydes is 1. The zero-order chi connectivity index (χ0) is 17.4. The maximum atomic E-state index is 11.0. The summed E-state index contributed by atoms with van der Waals surface area (Å²) in [5.41, 5.74) is 1.47. The summed E-state index contributed by atoms with van der Waals surface area (Å²) in [6, 6.07) is 0. The van der Waals surface area contributed by atoms with Gasteiger partial charge in [-0.15, -0.1) is 0 Å². The molecule has 0 radical (unpaired) electrons. The second-order valence-corrected chi connectivity index (χ2v) is 5.64. The van der Waals surface area contributed by atoms with Crippen molar-refractivity contribution >= 4 is 23.9 Å². The van der Waals surface area contributed by atoms with Crippen molar-refractivity contribution in [3.63, 3.8) is 0 Å². The van der Waals surface area contributed by atoms with Gasteiger partial charge in [0.05, 0.1) is 0 Å². The minimum Gasteiger partial charge on any atom is -0.338 e. The zero-order valence-electron chi connectivity index (χ0n) is 14.0. The van der Waals surface area contributed by atoms with Gasteiger partial charge in [-0.05, 0) is 19.8 Å². The molecule has 0 saturated heterocycles. The first kappa shape index (κ1) is 18.8. The first-order chi connectivity index (χ1) is 10.8. The van der Waals surface area contributed by atoms with E-state index < -0.39 is 0 Å². The second-order valence-electron chi connectivity index (χ2n) is 5.64. The third-order valence-electron chi connectivity index (χ3n) is 3.82. The largest absolute Gasteiger partial charge is 0.338 e. The van der Waals surface area contributed by atoms with E-state index in [1.54, 1.807) is 9.80 Å². The van der Waals surface area contributed by atoms with Gasteiger partial charge in [-0.25, -0.2) is 0 Å². The summed E-state index contributed by atoms with van der Waals surface area (Å²) >= 11 is 0. The summed E-state index contributed by atoms with van der Waals surface area (Å²) in [5, 5.41) is 0. The van der Waals surface area contributed by atoms with Crippen molar-refractivity contribution in [2.75, 3.05) is 26.2 Å². The number of Topliss-reactive ketones (excluding diaryl/α,β-unsaturated/α-hetero) is 1. The third-order valence-corrected chi connectivity index (χ3v) is 3.82. The Balaban J connectivity index is 0.000000231. The van der Waals surface area contributed by atoms with Crippen molar-refractivity contribution in [2.24, 2.45) is 0 Å². The molecule has 2 rings (SSSR count). The fraction of sp³-hybridized carbons (Fsp3) is 0.529. The van der Waals surface area contributed by atoms with Crippen molar-refractivity contribution in [1.82, 2.24) is 9.80 Å². The Morgan fingerprint density at radius 2 is 1.43 bits per heavy atom. The fourth-order valence-electron chi connectivity index (χ4n) is 2.39. The summed E-state index contributed by atoms with van der Waals surface area (Å²) in [7, 11) is 0. The van der Waals surface area contributed by atoms with Crippen LogP contribution < -0.4 is 0 Å². The standard InChI is InChI=1S/C9H13NO2.C8H11NO2/c1-7(11)9-4-3-5-10(6-9)8(2)12;1-7(11)9-4-2-3-8(5-9)6-10/h4H,3,5-6H2,1-2H3;3,6H,2,4-5H2,1H3. The molecule has 0 aromatic heterocycles. The fourth-order valence-corrected chi connectivity index (χ4v) is 2.39.